The number of fused-ring (bicyclic) bond motifs is 1. The van der Waals surface area contributed by atoms with Crippen molar-refractivity contribution in [2.75, 3.05) is 36.2 Å². The van der Waals surface area contributed by atoms with Gasteiger partial charge in [0.15, 0.2) is 5.65 Å². The Morgan fingerprint density at radius 3 is 3.00 bits per heavy atom. The Morgan fingerprint density at radius 1 is 1.38 bits per heavy atom. The first-order valence-electron chi connectivity index (χ1n) is 7.15. The van der Waals surface area contributed by atoms with Crippen LogP contribution in [0.4, 0.5) is 5.69 Å². The first-order chi connectivity index (χ1) is 10.2. The van der Waals surface area contributed by atoms with Gasteiger partial charge in [-0.15, -0.1) is 11.8 Å². The number of amides is 1. The molecule has 4 heterocycles. The molecule has 0 saturated carbocycles. The second-order valence-electron chi connectivity index (χ2n) is 5.59. The summed E-state index contributed by atoms with van der Waals surface area (Å²) in [7, 11) is 0. The summed E-state index contributed by atoms with van der Waals surface area (Å²) >= 11 is 1.84. The Labute approximate surface area is 127 Å². The number of aryl methyl sites for hydroxylation is 1. The number of pyridine rings is 1. The number of aromatic nitrogens is 3. The molecule has 4 rings (SSSR count). The largest absolute Gasteiger partial charge is 0.369 e. The summed E-state index contributed by atoms with van der Waals surface area (Å²) in [5, 5.41) is 4.33. The van der Waals surface area contributed by atoms with E-state index in [4.69, 9.17) is 0 Å². The SMILES string of the molecule is Cc1nc2ccc(N3CC(C(=O)N4CCSC4)C3)cn2n1. The van der Waals surface area contributed by atoms with Gasteiger partial charge in [0.2, 0.25) is 5.91 Å². The number of rotatable bonds is 2. The van der Waals surface area contributed by atoms with Gasteiger partial charge in [-0.2, -0.15) is 5.10 Å². The molecule has 0 atom stereocenters. The third-order valence-corrected chi connectivity index (χ3v) is 5.05. The van der Waals surface area contributed by atoms with Gasteiger partial charge in [0.05, 0.1) is 23.7 Å². The van der Waals surface area contributed by atoms with E-state index in [1.54, 1.807) is 4.52 Å². The molecule has 1 amide bonds. The zero-order valence-corrected chi connectivity index (χ0v) is 12.7. The number of carbonyl (C=O) groups excluding carboxylic acids is 1. The zero-order valence-electron chi connectivity index (χ0n) is 11.9. The van der Waals surface area contributed by atoms with Crippen molar-refractivity contribution in [2.24, 2.45) is 5.92 Å². The maximum Gasteiger partial charge on any atom is 0.229 e. The number of carbonyl (C=O) groups is 1. The van der Waals surface area contributed by atoms with Gasteiger partial charge in [0, 0.05) is 25.4 Å². The molecule has 0 N–H and O–H groups in total. The fourth-order valence-corrected chi connectivity index (χ4v) is 3.82. The fraction of sp³-hybridized carbons (Fsp3) is 0.500. The number of thioether (sulfide) groups is 1. The first kappa shape index (κ1) is 12.9. The van der Waals surface area contributed by atoms with Crippen LogP contribution in [-0.2, 0) is 4.79 Å². The molecule has 0 radical (unpaired) electrons. The van der Waals surface area contributed by atoms with Crippen LogP contribution in [0.1, 0.15) is 5.82 Å². The van der Waals surface area contributed by atoms with E-state index in [1.807, 2.05) is 35.8 Å². The van der Waals surface area contributed by atoms with Crippen LogP contribution in [-0.4, -0.2) is 56.7 Å². The fourth-order valence-electron chi connectivity index (χ4n) is 2.86. The van der Waals surface area contributed by atoms with Gasteiger partial charge < -0.3 is 9.80 Å². The lowest BCUT2D eigenvalue weighted by Gasteiger charge is -2.41. The van der Waals surface area contributed by atoms with Crippen molar-refractivity contribution in [1.29, 1.82) is 0 Å². The van der Waals surface area contributed by atoms with Crippen LogP contribution in [0.3, 0.4) is 0 Å². The van der Waals surface area contributed by atoms with Gasteiger partial charge in [0.1, 0.15) is 5.82 Å². The highest BCUT2D eigenvalue weighted by molar-refractivity contribution is 7.99. The van der Waals surface area contributed by atoms with E-state index >= 15 is 0 Å². The van der Waals surface area contributed by atoms with Gasteiger partial charge >= 0.3 is 0 Å². The minimum absolute atomic E-state index is 0.150. The van der Waals surface area contributed by atoms with Crippen LogP contribution in [0.5, 0.6) is 0 Å². The van der Waals surface area contributed by atoms with Gasteiger partial charge in [0.25, 0.3) is 0 Å². The van der Waals surface area contributed by atoms with Crippen LogP contribution in [0.2, 0.25) is 0 Å². The predicted octanol–water partition coefficient (Wildman–Crippen LogP) is 1.01. The van der Waals surface area contributed by atoms with Gasteiger partial charge in [-0.1, -0.05) is 0 Å². The molecular formula is C14H17N5OS. The zero-order chi connectivity index (χ0) is 14.4. The van der Waals surface area contributed by atoms with E-state index in [9.17, 15) is 4.79 Å². The molecular weight excluding hydrogens is 286 g/mol. The highest BCUT2D eigenvalue weighted by atomic mass is 32.2. The summed E-state index contributed by atoms with van der Waals surface area (Å²) in [4.78, 5) is 20.8. The number of hydrogen-bond donors (Lipinski definition) is 0. The van der Waals surface area contributed by atoms with Crippen molar-refractivity contribution < 1.29 is 4.79 Å². The molecule has 7 heteroatoms. The van der Waals surface area contributed by atoms with Crippen molar-refractivity contribution in [1.82, 2.24) is 19.5 Å². The molecule has 110 valence electrons. The molecule has 21 heavy (non-hydrogen) atoms. The van der Waals surface area contributed by atoms with E-state index in [0.717, 1.165) is 48.4 Å². The van der Waals surface area contributed by atoms with E-state index in [0.29, 0.717) is 5.91 Å². The predicted molar refractivity (Wildman–Crippen MR) is 82.5 cm³/mol. The van der Waals surface area contributed by atoms with Crippen LogP contribution < -0.4 is 4.90 Å². The molecule has 0 unspecified atom stereocenters. The van der Waals surface area contributed by atoms with E-state index in [2.05, 4.69) is 21.0 Å². The second kappa shape index (κ2) is 4.91. The Bertz CT molecular complexity index is 688. The molecule has 0 spiro atoms. The van der Waals surface area contributed by atoms with Crippen molar-refractivity contribution in [3.8, 4) is 0 Å². The smallest absolute Gasteiger partial charge is 0.229 e. The van der Waals surface area contributed by atoms with Crippen LogP contribution in [0.15, 0.2) is 18.3 Å². The molecule has 2 aliphatic heterocycles. The second-order valence-corrected chi connectivity index (χ2v) is 6.66. The molecule has 2 fully saturated rings. The monoisotopic (exact) mass is 303 g/mol. The third kappa shape index (κ3) is 2.25. The third-order valence-electron chi connectivity index (χ3n) is 4.08. The van der Waals surface area contributed by atoms with Crippen molar-refractivity contribution >= 4 is 29.0 Å². The Balaban J connectivity index is 1.45. The highest BCUT2D eigenvalue weighted by Crippen LogP contribution is 2.27. The molecule has 2 aromatic heterocycles. The topological polar surface area (TPSA) is 53.7 Å². The number of nitrogens with zero attached hydrogens (tertiary/aromatic N) is 5. The van der Waals surface area contributed by atoms with Crippen molar-refractivity contribution in [3.05, 3.63) is 24.2 Å². The van der Waals surface area contributed by atoms with Gasteiger partial charge in [-0.3, -0.25) is 4.79 Å². The van der Waals surface area contributed by atoms with E-state index in [-0.39, 0.29) is 5.92 Å². The molecule has 2 saturated heterocycles. The highest BCUT2D eigenvalue weighted by Gasteiger charge is 2.36. The Morgan fingerprint density at radius 2 is 2.24 bits per heavy atom. The number of anilines is 1. The normalized spacial score (nSPS) is 19.3. The summed E-state index contributed by atoms with van der Waals surface area (Å²) in [5.74, 6) is 3.17. The number of hydrogen-bond acceptors (Lipinski definition) is 5. The Kier molecular flexibility index (Phi) is 3.02. The molecule has 0 bridgehead atoms. The lowest BCUT2D eigenvalue weighted by molar-refractivity contribution is -0.134. The summed E-state index contributed by atoms with van der Waals surface area (Å²) in [6.45, 7) is 4.40. The lowest BCUT2D eigenvalue weighted by Crippen LogP contribution is -2.54. The quantitative estimate of drug-likeness (QED) is 0.829. The maximum absolute atomic E-state index is 12.3. The molecule has 2 aromatic rings. The molecule has 0 aliphatic carbocycles. The van der Waals surface area contributed by atoms with Crippen LogP contribution in [0.25, 0.3) is 5.65 Å². The van der Waals surface area contributed by atoms with Gasteiger partial charge in [-0.05, 0) is 19.1 Å². The standard InChI is InChI=1S/C14H17N5OS/c1-10-15-13-3-2-12(8-19(13)16-10)18-6-11(7-18)14(20)17-4-5-21-9-17/h2-3,8,11H,4-7,9H2,1H3. The molecule has 2 aliphatic rings. The molecule has 0 aromatic carbocycles. The summed E-state index contributed by atoms with van der Waals surface area (Å²) < 4.78 is 1.80. The van der Waals surface area contributed by atoms with Crippen LogP contribution >= 0.6 is 11.8 Å². The first-order valence-corrected chi connectivity index (χ1v) is 8.31. The van der Waals surface area contributed by atoms with Crippen LogP contribution in [0, 0.1) is 12.8 Å². The van der Waals surface area contributed by atoms with Crippen molar-refractivity contribution in [3.63, 3.8) is 0 Å². The van der Waals surface area contributed by atoms with Crippen molar-refractivity contribution in [2.45, 2.75) is 6.92 Å². The minimum atomic E-state index is 0.150. The summed E-state index contributed by atoms with van der Waals surface area (Å²) in [6, 6.07) is 4.03. The Hall–Kier alpha value is -1.76. The van der Waals surface area contributed by atoms with E-state index in [1.165, 1.54) is 0 Å². The molecule has 6 nitrogen and oxygen atoms in total. The lowest BCUT2D eigenvalue weighted by atomic mass is 9.98. The maximum atomic E-state index is 12.3. The van der Waals surface area contributed by atoms with E-state index < -0.39 is 0 Å². The minimum Gasteiger partial charge on any atom is -0.369 e. The average Bonchev–Trinajstić information content (AvgIpc) is 3.03. The average molecular weight is 303 g/mol. The summed E-state index contributed by atoms with van der Waals surface area (Å²) in [5.41, 5.74) is 1.96. The summed E-state index contributed by atoms with van der Waals surface area (Å²) in [6.07, 6.45) is 1.99. The van der Waals surface area contributed by atoms with Gasteiger partial charge in [-0.25, -0.2) is 9.50 Å².